The van der Waals surface area contributed by atoms with Gasteiger partial charge in [0.2, 0.25) is 5.91 Å². The zero-order chi connectivity index (χ0) is 24.5. The van der Waals surface area contributed by atoms with Crippen molar-refractivity contribution < 1.29 is 37.1 Å². The summed E-state index contributed by atoms with van der Waals surface area (Å²) < 4.78 is 45.3. The highest BCUT2D eigenvalue weighted by Crippen LogP contribution is 2.14. The first-order valence-electron chi connectivity index (χ1n) is 9.82. The van der Waals surface area contributed by atoms with Crippen LogP contribution in [-0.2, 0) is 19.1 Å². The van der Waals surface area contributed by atoms with E-state index in [0.717, 1.165) is 30.3 Å². The van der Waals surface area contributed by atoms with Crippen LogP contribution in [0.15, 0.2) is 42.5 Å². The van der Waals surface area contributed by atoms with E-state index in [2.05, 4.69) is 16.0 Å². The monoisotopic (exact) mass is 465 g/mol. The Labute approximate surface area is 187 Å². The van der Waals surface area contributed by atoms with Crippen molar-refractivity contribution in [2.75, 3.05) is 18.5 Å². The Bertz CT molecular complexity index is 1010. The fourth-order valence-corrected chi connectivity index (χ4v) is 2.62. The second-order valence-electron chi connectivity index (χ2n) is 7.23. The number of hydrogen-bond acceptors (Lipinski definition) is 5. The van der Waals surface area contributed by atoms with Crippen LogP contribution in [0.3, 0.4) is 0 Å². The average molecular weight is 465 g/mol. The third-order valence-corrected chi connectivity index (χ3v) is 4.32. The number of carbonyl (C=O) groups excluding carboxylic acids is 4. The molecule has 3 amide bonds. The van der Waals surface area contributed by atoms with E-state index in [1.165, 1.54) is 12.1 Å². The van der Waals surface area contributed by atoms with Gasteiger partial charge in [0.15, 0.2) is 6.61 Å². The molecule has 0 bridgehead atoms. The van der Waals surface area contributed by atoms with Crippen LogP contribution in [0.2, 0.25) is 0 Å². The van der Waals surface area contributed by atoms with E-state index < -0.39 is 71.8 Å². The molecule has 0 radical (unpaired) electrons. The highest BCUT2D eigenvalue weighted by atomic mass is 19.1. The molecule has 0 saturated carbocycles. The third kappa shape index (κ3) is 7.63. The van der Waals surface area contributed by atoms with Gasteiger partial charge in [0, 0.05) is 5.69 Å². The van der Waals surface area contributed by atoms with Crippen molar-refractivity contribution in [2.24, 2.45) is 5.92 Å². The Morgan fingerprint density at radius 2 is 1.52 bits per heavy atom. The van der Waals surface area contributed by atoms with Gasteiger partial charge in [-0.25, -0.2) is 18.0 Å². The first-order valence-corrected chi connectivity index (χ1v) is 9.82. The predicted molar refractivity (Wildman–Crippen MR) is 111 cm³/mol. The van der Waals surface area contributed by atoms with E-state index in [9.17, 15) is 32.3 Å². The predicted octanol–water partition coefficient (Wildman–Crippen LogP) is 2.16. The topological polar surface area (TPSA) is 114 Å². The lowest BCUT2D eigenvalue weighted by Gasteiger charge is -2.21. The fraction of sp³-hybridized carbons (Fsp3) is 0.273. The van der Waals surface area contributed by atoms with E-state index in [0.29, 0.717) is 5.69 Å². The molecule has 33 heavy (non-hydrogen) atoms. The largest absolute Gasteiger partial charge is 0.454 e. The summed E-state index contributed by atoms with van der Waals surface area (Å²) in [5.74, 6) is -6.74. The van der Waals surface area contributed by atoms with E-state index >= 15 is 0 Å². The quantitative estimate of drug-likeness (QED) is 0.491. The van der Waals surface area contributed by atoms with Gasteiger partial charge in [0.1, 0.15) is 29.1 Å². The summed E-state index contributed by atoms with van der Waals surface area (Å²) in [7, 11) is 0. The number of amides is 3. The molecule has 8 nitrogen and oxygen atoms in total. The number of anilines is 1. The summed E-state index contributed by atoms with van der Waals surface area (Å²) in [6.45, 7) is 1.92. The molecule has 0 aromatic heterocycles. The van der Waals surface area contributed by atoms with Gasteiger partial charge in [-0.2, -0.15) is 0 Å². The molecule has 1 atom stereocenters. The van der Waals surface area contributed by atoms with Crippen LogP contribution in [0.4, 0.5) is 18.9 Å². The summed E-state index contributed by atoms with van der Waals surface area (Å²) in [4.78, 5) is 48.2. The minimum atomic E-state index is -1.29. The zero-order valence-corrected chi connectivity index (χ0v) is 17.8. The number of benzene rings is 2. The summed E-state index contributed by atoms with van der Waals surface area (Å²) in [6.07, 6.45) is 0. The van der Waals surface area contributed by atoms with E-state index in [4.69, 9.17) is 4.74 Å². The normalized spacial score (nSPS) is 11.5. The third-order valence-electron chi connectivity index (χ3n) is 4.32. The average Bonchev–Trinajstić information content (AvgIpc) is 2.75. The Morgan fingerprint density at radius 1 is 0.909 bits per heavy atom. The SMILES string of the molecule is CC(C)[C@@H](NC(=O)c1c(F)cccc1F)C(=O)OCC(=O)NCC(=O)Nc1ccc(F)cc1. The summed E-state index contributed by atoms with van der Waals surface area (Å²) in [6, 6.07) is 6.58. The molecule has 0 unspecified atom stereocenters. The molecule has 3 N–H and O–H groups in total. The lowest BCUT2D eigenvalue weighted by molar-refractivity contribution is -0.151. The molecule has 0 heterocycles. The number of halogens is 3. The van der Waals surface area contributed by atoms with Crippen LogP contribution < -0.4 is 16.0 Å². The summed E-state index contributed by atoms with van der Waals surface area (Å²) in [5, 5.41) is 6.87. The second kappa shape index (κ2) is 11.7. The van der Waals surface area contributed by atoms with Crippen LogP contribution in [0.5, 0.6) is 0 Å². The lowest BCUT2D eigenvalue weighted by Crippen LogP contribution is -2.46. The lowest BCUT2D eigenvalue weighted by atomic mass is 10.0. The van der Waals surface area contributed by atoms with Crippen molar-refractivity contribution >= 4 is 29.4 Å². The van der Waals surface area contributed by atoms with Crippen molar-refractivity contribution in [2.45, 2.75) is 19.9 Å². The molecule has 0 fully saturated rings. The van der Waals surface area contributed by atoms with Crippen molar-refractivity contribution in [3.63, 3.8) is 0 Å². The Kier molecular flexibility index (Phi) is 8.96. The molecule has 2 aromatic rings. The molecular formula is C22H22F3N3O5. The molecule has 0 spiro atoms. The highest BCUT2D eigenvalue weighted by molar-refractivity contribution is 5.98. The smallest absolute Gasteiger partial charge is 0.329 e. The first-order chi connectivity index (χ1) is 15.6. The maximum Gasteiger partial charge on any atom is 0.329 e. The van der Waals surface area contributed by atoms with Gasteiger partial charge in [-0.15, -0.1) is 0 Å². The van der Waals surface area contributed by atoms with Gasteiger partial charge < -0.3 is 20.7 Å². The zero-order valence-electron chi connectivity index (χ0n) is 17.8. The molecular weight excluding hydrogens is 443 g/mol. The van der Waals surface area contributed by atoms with Gasteiger partial charge in [-0.3, -0.25) is 14.4 Å². The Hall–Kier alpha value is -3.89. The molecule has 0 aliphatic rings. The second-order valence-corrected chi connectivity index (χ2v) is 7.23. The number of esters is 1. The van der Waals surface area contributed by atoms with Crippen molar-refractivity contribution in [1.29, 1.82) is 0 Å². The maximum absolute atomic E-state index is 13.8. The number of nitrogens with one attached hydrogen (secondary N) is 3. The molecule has 11 heteroatoms. The number of rotatable bonds is 9. The van der Waals surface area contributed by atoms with Gasteiger partial charge in [0.05, 0.1) is 6.54 Å². The van der Waals surface area contributed by atoms with Gasteiger partial charge in [-0.1, -0.05) is 19.9 Å². The minimum Gasteiger partial charge on any atom is -0.454 e. The van der Waals surface area contributed by atoms with Crippen molar-refractivity contribution in [1.82, 2.24) is 10.6 Å². The number of carbonyl (C=O) groups is 4. The number of hydrogen-bond donors (Lipinski definition) is 3. The van der Waals surface area contributed by atoms with E-state index in [1.54, 1.807) is 13.8 Å². The van der Waals surface area contributed by atoms with E-state index in [1.807, 2.05) is 0 Å². The fourth-order valence-electron chi connectivity index (χ4n) is 2.62. The van der Waals surface area contributed by atoms with Crippen molar-refractivity contribution in [3.05, 3.63) is 65.5 Å². The highest BCUT2D eigenvalue weighted by Gasteiger charge is 2.29. The number of ether oxygens (including phenoxy) is 1. The van der Waals surface area contributed by atoms with Crippen LogP contribution in [0, 0.1) is 23.4 Å². The Balaban J connectivity index is 1.84. The molecule has 0 aliphatic carbocycles. The van der Waals surface area contributed by atoms with Gasteiger partial charge in [-0.05, 0) is 42.3 Å². The van der Waals surface area contributed by atoms with Crippen molar-refractivity contribution in [3.8, 4) is 0 Å². The van der Waals surface area contributed by atoms with Gasteiger partial charge in [0.25, 0.3) is 11.8 Å². The van der Waals surface area contributed by atoms with Crippen LogP contribution >= 0.6 is 0 Å². The molecule has 176 valence electrons. The summed E-state index contributed by atoms with van der Waals surface area (Å²) in [5.41, 5.74) is -0.523. The maximum atomic E-state index is 13.8. The van der Waals surface area contributed by atoms with Gasteiger partial charge >= 0.3 is 5.97 Å². The van der Waals surface area contributed by atoms with Crippen LogP contribution in [0.25, 0.3) is 0 Å². The molecule has 0 saturated heterocycles. The first kappa shape index (κ1) is 25.4. The standard InChI is InChI=1S/C22H22F3N3O5/c1-12(2)20(28-21(31)19-15(24)4-3-5-16(19)25)22(32)33-11-18(30)26-10-17(29)27-14-8-6-13(23)7-9-14/h3-9,12,20H,10-11H2,1-2H3,(H,26,30)(H,27,29)(H,28,31)/t20-/m1/s1. The van der Waals surface area contributed by atoms with Crippen LogP contribution in [0.1, 0.15) is 24.2 Å². The molecule has 2 rings (SSSR count). The van der Waals surface area contributed by atoms with E-state index in [-0.39, 0.29) is 0 Å². The minimum absolute atomic E-state index is 0.323. The van der Waals surface area contributed by atoms with Crippen LogP contribution in [-0.4, -0.2) is 42.9 Å². The Morgan fingerprint density at radius 3 is 2.09 bits per heavy atom. The molecule has 0 aliphatic heterocycles. The summed E-state index contributed by atoms with van der Waals surface area (Å²) >= 11 is 0. The molecule has 2 aromatic carbocycles.